The first-order valence-corrected chi connectivity index (χ1v) is 6.85. The summed E-state index contributed by atoms with van der Waals surface area (Å²) in [7, 11) is 2.05. The number of hydrogen-bond acceptors (Lipinski definition) is 4. The highest BCUT2D eigenvalue weighted by Crippen LogP contribution is 2.31. The van der Waals surface area contributed by atoms with E-state index in [1.807, 2.05) is 7.05 Å². The van der Waals surface area contributed by atoms with E-state index in [4.69, 9.17) is 5.73 Å². The Morgan fingerprint density at radius 1 is 1.43 bits per heavy atom. The van der Waals surface area contributed by atoms with Crippen molar-refractivity contribution < 1.29 is 17.9 Å². The molecule has 0 amide bonds. The molecular weight excluding hydrogens is 283 g/mol. The van der Waals surface area contributed by atoms with Crippen LogP contribution in [0.3, 0.4) is 0 Å². The fourth-order valence-electron chi connectivity index (χ4n) is 2.65. The number of anilines is 2. The standard InChI is InChI=1S/C14H20F3N3O/c1-8-7-20(2)4-3-11(8)19-12-6-13(21-14(16)17)9(15)5-10(12)18/h5-6,8,11,14,19H,3-4,7,18H2,1-2H3. The maximum atomic E-state index is 13.5. The van der Waals surface area contributed by atoms with Gasteiger partial charge >= 0.3 is 6.61 Å². The molecule has 1 aliphatic heterocycles. The van der Waals surface area contributed by atoms with Gasteiger partial charge < -0.3 is 20.7 Å². The molecule has 2 atom stereocenters. The number of rotatable bonds is 4. The van der Waals surface area contributed by atoms with Crippen molar-refractivity contribution in [1.29, 1.82) is 0 Å². The van der Waals surface area contributed by atoms with E-state index in [-0.39, 0.29) is 11.7 Å². The van der Waals surface area contributed by atoms with Gasteiger partial charge in [-0.1, -0.05) is 6.92 Å². The number of ether oxygens (including phenoxy) is 1. The average Bonchev–Trinajstić information content (AvgIpc) is 2.37. The maximum absolute atomic E-state index is 13.5. The number of benzene rings is 1. The largest absolute Gasteiger partial charge is 0.432 e. The monoisotopic (exact) mass is 303 g/mol. The summed E-state index contributed by atoms with van der Waals surface area (Å²) in [5.41, 5.74) is 6.36. The predicted octanol–water partition coefficient (Wildman–Crippen LogP) is 2.76. The molecule has 0 aromatic heterocycles. The van der Waals surface area contributed by atoms with Gasteiger partial charge in [-0.15, -0.1) is 0 Å². The quantitative estimate of drug-likeness (QED) is 0.840. The van der Waals surface area contributed by atoms with Crippen LogP contribution in [0.1, 0.15) is 13.3 Å². The summed E-state index contributed by atoms with van der Waals surface area (Å²) in [5.74, 6) is -1.02. The molecular formula is C14H20F3N3O. The minimum atomic E-state index is -3.07. The third-order valence-electron chi connectivity index (χ3n) is 3.77. The Morgan fingerprint density at radius 3 is 2.76 bits per heavy atom. The molecule has 3 N–H and O–H groups in total. The highest BCUT2D eigenvalue weighted by molar-refractivity contribution is 5.69. The fourth-order valence-corrected chi connectivity index (χ4v) is 2.65. The van der Waals surface area contributed by atoms with Crippen molar-refractivity contribution in [2.24, 2.45) is 5.92 Å². The highest BCUT2D eigenvalue weighted by atomic mass is 19.3. The van der Waals surface area contributed by atoms with Gasteiger partial charge in [0.15, 0.2) is 11.6 Å². The summed E-state index contributed by atoms with van der Waals surface area (Å²) in [6.07, 6.45) is 0.902. The SMILES string of the molecule is CC1CN(C)CCC1Nc1cc(OC(F)F)c(F)cc1N. The third-order valence-corrected chi connectivity index (χ3v) is 3.77. The first kappa shape index (κ1) is 15.8. The molecule has 4 nitrogen and oxygen atoms in total. The van der Waals surface area contributed by atoms with Crippen LogP contribution in [0, 0.1) is 11.7 Å². The van der Waals surface area contributed by atoms with Crippen LogP contribution >= 0.6 is 0 Å². The van der Waals surface area contributed by atoms with Gasteiger partial charge in [0, 0.05) is 24.7 Å². The number of hydrogen-bond donors (Lipinski definition) is 2. The van der Waals surface area contributed by atoms with Gasteiger partial charge in [-0.05, 0) is 25.9 Å². The summed E-state index contributed by atoms with van der Waals surface area (Å²) in [6.45, 7) is 0.893. The molecule has 2 rings (SSSR count). The molecule has 118 valence electrons. The molecule has 1 aliphatic rings. The van der Waals surface area contributed by atoms with Gasteiger partial charge in [-0.2, -0.15) is 8.78 Å². The molecule has 1 aromatic carbocycles. The lowest BCUT2D eigenvalue weighted by molar-refractivity contribution is -0.0521. The molecule has 0 saturated carbocycles. The number of nitrogen functional groups attached to an aromatic ring is 1. The number of halogens is 3. The Labute approximate surface area is 122 Å². The van der Waals surface area contributed by atoms with Gasteiger partial charge in [-0.25, -0.2) is 4.39 Å². The molecule has 1 saturated heterocycles. The van der Waals surface area contributed by atoms with Gasteiger partial charge in [0.2, 0.25) is 0 Å². The second-order valence-electron chi connectivity index (χ2n) is 5.53. The van der Waals surface area contributed by atoms with Crippen LogP contribution in [0.5, 0.6) is 5.75 Å². The van der Waals surface area contributed by atoms with Gasteiger partial charge in [0.05, 0.1) is 11.4 Å². The summed E-state index contributed by atoms with van der Waals surface area (Å²) in [4.78, 5) is 2.22. The minimum absolute atomic E-state index is 0.161. The molecule has 1 fully saturated rings. The van der Waals surface area contributed by atoms with Gasteiger partial charge in [0.25, 0.3) is 0 Å². The molecule has 21 heavy (non-hydrogen) atoms. The van der Waals surface area contributed by atoms with E-state index in [1.165, 1.54) is 6.07 Å². The fraction of sp³-hybridized carbons (Fsp3) is 0.571. The highest BCUT2D eigenvalue weighted by Gasteiger charge is 2.25. The number of alkyl halides is 2. The van der Waals surface area contributed by atoms with Crippen LogP contribution in [-0.2, 0) is 0 Å². The second-order valence-corrected chi connectivity index (χ2v) is 5.53. The van der Waals surface area contributed by atoms with E-state index in [2.05, 4.69) is 21.9 Å². The zero-order valence-corrected chi connectivity index (χ0v) is 12.1. The molecule has 0 bridgehead atoms. The summed E-state index contributed by atoms with van der Waals surface area (Å²) in [5, 5.41) is 3.22. The number of nitrogens with zero attached hydrogens (tertiary/aromatic N) is 1. The van der Waals surface area contributed by atoms with Gasteiger partial charge in [-0.3, -0.25) is 0 Å². The Hall–Kier alpha value is -1.63. The van der Waals surface area contributed by atoms with E-state index in [0.717, 1.165) is 25.6 Å². The zero-order valence-electron chi connectivity index (χ0n) is 12.1. The third kappa shape index (κ3) is 3.93. The van der Waals surface area contributed by atoms with Crippen molar-refractivity contribution in [1.82, 2.24) is 4.90 Å². The lowest BCUT2D eigenvalue weighted by Crippen LogP contribution is -2.43. The molecule has 1 heterocycles. The number of likely N-dealkylation sites (tertiary alicyclic amines) is 1. The molecule has 2 unspecified atom stereocenters. The number of nitrogens with two attached hydrogens (primary N) is 1. The van der Waals surface area contributed by atoms with E-state index < -0.39 is 18.2 Å². The maximum Gasteiger partial charge on any atom is 0.387 e. The van der Waals surface area contributed by atoms with Crippen LogP contribution in [-0.4, -0.2) is 37.7 Å². The topological polar surface area (TPSA) is 50.5 Å². The Morgan fingerprint density at radius 2 is 2.14 bits per heavy atom. The Balaban J connectivity index is 2.15. The normalized spacial score (nSPS) is 23.3. The molecule has 0 aliphatic carbocycles. The minimum Gasteiger partial charge on any atom is -0.432 e. The van der Waals surface area contributed by atoms with Crippen molar-refractivity contribution in [2.75, 3.05) is 31.2 Å². The molecule has 0 radical (unpaired) electrons. The zero-order chi connectivity index (χ0) is 15.6. The van der Waals surface area contributed by atoms with Crippen molar-refractivity contribution in [3.63, 3.8) is 0 Å². The second kappa shape index (κ2) is 6.43. The van der Waals surface area contributed by atoms with E-state index in [1.54, 1.807) is 0 Å². The lowest BCUT2D eigenvalue weighted by atomic mass is 9.94. The van der Waals surface area contributed by atoms with Crippen molar-refractivity contribution in [3.8, 4) is 5.75 Å². The van der Waals surface area contributed by atoms with Crippen LogP contribution in [0.2, 0.25) is 0 Å². The van der Waals surface area contributed by atoms with Crippen LogP contribution in [0.4, 0.5) is 24.5 Å². The lowest BCUT2D eigenvalue weighted by Gasteiger charge is -2.36. The molecule has 7 heteroatoms. The van der Waals surface area contributed by atoms with Crippen molar-refractivity contribution in [2.45, 2.75) is 26.0 Å². The first-order chi connectivity index (χ1) is 9.86. The Kier molecular flexibility index (Phi) is 4.82. The summed E-state index contributed by atoms with van der Waals surface area (Å²) >= 11 is 0. The number of nitrogens with one attached hydrogen (secondary N) is 1. The van der Waals surface area contributed by atoms with E-state index in [0.29, 0.717) is 11.6 Å². The Bertz CT molecular complexity index is 499. The van der Waals surface area contributed by atoms with Crippen LogP contribution in [0.15, 0.2) is 12.1 Å². The van der Waals surface area contributed by atoms with Crippen LogP contribution in [0.25, 0.3) is 0 Å². The summed E-state index contributed by atoms with van der Waals surface area (Å²) < 4.78 is 42.2. The van der Waals surface area contributed by atoms with Crippen molar-refractivity contribution >= 4 is 11.4 Å². The van der Waals surface area contributed by atoms with E-state index in [9.17, 15) is 13.2 Å². The van der Waals surface area contributed by atoms with Crippen molar-refractivity contribution in [3.05, 3.63) is 17.9 Å². The smallest absolute Gasteiger partial charge is 0.387 e. The number of piperidine rings is 1. The molecule has 0 spiro atoms. The predicted molar refractivity (Wildman–Crippen MR) is 76.1 cm³/mol. The first-order valence-electron chi connectivity index (χ1n) is 6.85. The van der Waals surface area contributed by atoms with E-state index >= 15 is 0 Å². The average molecular weight is 303 g/mol. The molecule has 1 aromatic rings. The summed E-state index contributed by atoms with van der Waals surface area (Å²) in [6, 6.07) is 2.36. The van der Waals surface area contributed by atoms with Crippen LogP contribution < -0.4 is 15.8 Å². The van der Waals surface area contributed by atoms with Gasteiger partial charge in [0.1, 0.15) is 0 Å².